The molecule has 1 atom stereocenters. The lowest BCUT2D eigenvalue weighted by molar-refractivity contribution is -0.137. The van der Waals surface area contributed by atoms with E-state index in [-0.39, 0.29) is 23.7 Å². The summed E-state index contributed by atoms with van der Waals surface area (Å²) in [7, 11) is 0. The molecule has 4 heteroatoms. The Morgan fingerprint density at radius 3 is 2.57 bits per heavy atom. The third-order valence-electron chi connectivity index (χ3n) is 4.00. The molecule has 0 bridgehead atoms. The number of fused-ring (bicyclic) bond motifs is 1. The van der Waals surface area contributed by atoms with E-state index in [1.54, 1.807) is 12.1 Å². The van der Waals surface area contributed by atoms with Crippen LogP contribution in [0.25, 0.3) is 0 Å². The average molecular weight is 286 g/mol. The number of benzene rings is 1. The summed E-state index contributed by atoms with van der Waals surface area (Å²) in [6, 6.07) is 10.3. The lowest BCUT2D eigenvalue weighted by Crippen LogP contribution is -2.44. The van der Waals surface area contributed by atoms with Crippen molar-refractivity contribution >= 4 is 5.91 Å². The van der Waals surface area contributed by atoms with E-state index in [1.807, 2.05) is 37.1 Å². The summed E-state index contributed by atoms with van der Waals surface area (Å²) in [6.07, 6.45) is 2.03. The first-order valence-electron chi connectivity index (χ1n) is 7.29. The average Bonchev–Trinajstić information content (AvgIpc) is 2.94. The van der Waals surface area contributed by atoms with Crippen LogP contribution in [0.15, 0.2) is 42.6 Å². The molecular formula is C17H19FN2O. The van der Waals surface area contributed by atoms with Crippen LogP contribution in [0.3, 0.4) is 0 Å². The van der Waals surface area contributed by atoms with Gasteiger partial charge in [0.2, 0.25) is 5.91 Å². The minimum atomic E-state index is -0.258. The number of amides is 1. The molecule has 21 heavy (non-hydrogen) atoms. The van der Waals surface area contributed by atoms with E-state index in [0.717, 1.165) is 17.8 Å². The van der Waals surface area contributed by atoms with Crippen LogP contribution < -0.4 is 0 Å². The summed E-state index contributed by atoms with van der Waals surface area (Å²) in [6.45, 7) is 5.31. The first-order chi connectivity index (χ1) is 10.1. The van der Waals surface area contributed by atoms with E-state index >= 15 is 0 Å². The standard InChI is InChI=1S/C17H19FN2O/c1-12(2)17(21)20-11-10-19-9-3-4-15(19)16(20)13-5-7-14(18)8-6-13/h3-9,12,16H,10-11H2,1-2H3. The van der Waals surface area contributed by atoms with Gasteiger partial charge in [-0.1, -0.05) is 26.0 Å². The summed E-state index contributed by atoms with van der Waals surface area (Å²) in [5.74, 6) is -0.169. The molecule has 1 unspecified atom stereocenters. The Morgan fingerprint density at radius 2 is 1.90 bits per heavy atom. The van der Waals surface area contributed by atoms with Crippen molar-refractivity contribution in [3.63, 3.8) is 0 Å². The number of aromatic nitrogens is 1. The number of hydrogen-bond donors (Lipinski definition) is 0. The maximum absolute atomic E-state index is 13.2. The normalized spacial score (nSPS) is 17.9. The van der Waals surface area contributed by atoms with Gasteiger partial charge in [-0.3, -0.25) is 4.79 Å². The highest BCUT2D eigenvalue weighted by Gasteiger charge is 2.32. The van der Waals surface area contributed by atoms with Crippen LogP contribution in [0, 0.1) is 11.7 Å². The van der Waals surface area contributed by atoms with Gasteiger partial charge in [-0.05, 0) is 29.8 Å². The highest BCUT2D eigenvalue weighted by atomic mass is 19.1. The van der Waals surface area contributed by atoms with Crippen molar-refractivity contribution in [2.75, 3.05) is 6.54 Å². The van der Waals surface area contributed by atoms with Crippen molar-refractivity contribution < 1.29 is 9.18 Å². The molecule has 1 aromatic carbocycles. The van der Waals surface area contributed by atoms with Gasteiger partial charge in [0.15, 0.2) is 0 Å². The number of carbonyl (C=O) groups is 1. The van der Waals surface area contributed by atoms with E-state index in [9.17, 15) is 9.18 Å². The second-order valence-corrected chi connectivity index (χ2v) is 5.77. The third-order valence-corrected chi connectivity index (χ3v) is 4.00. The van der Waals surface area contributed by atoms with Crippen molar-refractivity contribution in [1.82, 2.24) is 9.47 Å². The van der Waals surface area contributed by atoms with Gasteiger partial charge >= 0.3 is 0 Å². The molecule has 1 aliphatic rings. The summed E-state index contributed by atoms with van der Waals surface area (Å²) in [4.78, 5) is 14.4. The lowest BCUT2D eigenvalue weighted by Gasteiger charge is -2.38. The number of carbonyl (C=O) groups excluding carboxylic acids is 1. The van der Waals surface area contributed by atoms with Crippen LogP contribution in [-0.2, 0) is 11.3 Å². The minimum Gasteiger partial charge on any atom is -0.348 e. The Bertz CT molecular complexity index is 645. The SMILES string of the molecule is CC(C)C(=O)N1CCn2cccc2C1c1ccc(F)cc1. The fourth-order valence-electron chi connectivity index (χ4n) is 2.95. The van der Waals surface area contributed by atoms with Crippen molar-refractivity contribution in [2.24, 2.45) is 5.92 Å². The van der Waals surface area contributed by atoms with E-state index in [1.165, 1.54) is 12.1 Å². The molecule has 110 valence electrons. The molecule has 2 aromatic rings. The van der Waals surface area contributed by atoms with Gasteiger partial charge in [-0.25, -0.2) is 4.39 Å². The predicted octanol–water partition coefficient (Wildman–Crippen LogP) is 3.21. The highest BCUT2D eigenvalue weighted by molar-refractivity contribution is 5.79. The van der Waals surface area contributed by atoms with Crippen LogP contribution in [0.5, 0.6) is 0 Å². The smallest absolute Gasteiger partial charge is 0.226 e. The maximum Gasteiger partial charge on any atom is 0.226 e. The van der Waals surface area contributed by atoms with Gasteiger partial charge in [0, 0.05) is 30.9 Å². The Labute approximate surface area is 124 Å². The van der Waals surface area contributed by atoms with Crippen molar-refractivity contribution in [3.05, 3.63) is 59.7 Å². The van der Waals surface area contributed by atoms with Crippen molar-refractivity contribution in [3.8, 4) is 0 Å². The van der Waals surface area contributed by atoms with Crippen LogP contribution in [0.1, 0.15) is 31.1 Å². The lowest BCUT2D eigenvalue weighted by atomic mass is 9.98. The molecule has 0 N–H and O–H groups in total. The number of nitrogens with zero attached hydrogens (tertiary/aromatic N) is 2. The number of halogens is 1. The van der Waals surface area contributed by atoms with Gasteiger partial charge in [0.05, 0.1) is 6.04 Å². The molecule has 3 rings (SSSR count). The summed E-state index contributed by atoms with van der Waals surface area (Å²) < 4.78 is 15.4. The maximum atomic E-state index is 13.2. The molecule has 0 fully saturated rings. The fourth-order valence-corrected chi connectivity index (χ4v) is 2.95. The van der Waals surface area contributed by atoms with E-state index in [2.05, 4.69) is 4.57 Å². The fraction of sp³-hybridized carbons (Fsp3) is 0.353. The van der Waals surface area contributed by atoms with Crippen LogP contribution >= 0.6 is 0 Å². The third kappa shape index (κ3) is 2.46. The van der Waals surface area contributed by atoms with E-state index in [0.29, 0.717) is 6.54 Å². The van der Waals surface area contributed by atoms with Crippen molar-refractivity contribution in [1.29, 1.82) is 0 Å². The largest absolute Gasteiger partial charge is 0.348 e. The Kier molecular flexibility index (Phi) is 3.53. The predicted molar refractivity (Wildman–Crippen MR) is 79.2 cm³/mol. The number of hydrogen-bond acceptors (Lipinski definition) is 1. The van der Waals surface area contributed by atoms with E-state index < -0.39 is 0 Å². The zero-order valence-corrected chi connectivity index (χ0v) is 12.3. The second kappa shape index (κ2) is 5.35. The molecule has 1 aliphatic heterocycles. The molecule has 0 saturated carbocycles. The molecule has 1 amide bonds. The Morgan fingerprint density at radius 1 is 1.19 bits per heavy atom. The van der Waals surface area contributed by atoms with Gasteiger partial charge < -0.3 is 9.47 Å². The molecule has 0 saturated heterocycles. The first kappa shape index (κ1) is 13.9. The van der Waals surface area contributed by atoms with Gasteiger partial charge in [0.25, 0.3) is 0 Å². The van der Waals surface area contributed by atoms with Crippen molar-refractivity contribution in [2.45, 2.75) is 26.4 Å². The summed E-state index contributed by atoms with van der Waals surface area (Å²) >= 11 is 0. The molecule has 1 aromatic heterocycles. The summed E-state index contributed by atoms with van der Waals surface area (Å²) in [5, 5.41) is 0. The molecule has 2 heterocycles. The van der Waals surface area contributed by atoms with Gasteiger partial charge in [0.1, 0.15) is 5.82 Å². The molecule has 0 spiro atoms. The van der Waals surface area contributed by atoms with E-state index in [4.69, 9.17) is 0 Å². The topological polar surface area (TPSA) is 25.2 Å². The zero-order chi connectivity index (χ0) is 15.0. The van der Waals surface area contributed by atoms with Gasteiger partial charge in [-0.15, -0.1) is 0 Å². The molecular weight excluding hydrogens is 267 g/mol. The van der Waals surface area contributed by atoms with Crippen LogP contribution in [0.2, 0.25) is 0 Å². The Balaban J connectivity index is 2.06. The number of rotatable bonds is 2. The highest BCUT2D eigenvalue weighted by Crippen LogP contribution is 2.33. The molecule has 0 radical (unpaired) electrons. The Hall–Kier alpha value is -2.10. The zero-order valence-electron chi connectivity index (χ0n) is 12.3. The molecule has 0 aliphatic carbocycles. The van der Waals surface area contributed by atoms with Crippen LogP contribution in [-0.4, -0.2) is 21.9 Å². The molecule has 3 nitrogen and oxygen atoms in total. The monoisotopic (exact) mass is 286 g/mol. The quantitative estimate of drug-likeness (QED) is 0.832. The van der Waals surface area contributed by atoms with Crippen LogP contribution in [0.4, 0.5) is 4.39 Å². The minimum absolute atomic E-state index is 0.0468. The summed E-state index contributed by atoms with van der Waals surface area (Å²) in [5.41, 5.74) is 2.03. The van der Waals surface area contributed by atoms with Gasteiger partial charge in [-0.2, -0.15) is 0 Å². The first-order valence-corrected chi connectivity index (χ1v) is 7.29. The second-order valence-electron chi connectivity index (χ2n) is 5.77.